The zero-order chi connectivity index (χ0) is 28.2. The SMILES string of the molecule is CCCCc1nc(C)n(Cc2ccc(F)cc2F)c(=O)c1Cc1ccc(-c2ccccc2-c2noc(=O)[nH]2)cc1. The zero-order valence-corrected chi connectivity index (χ0v) is 22.2. The number of hydrogen-bond acceptors (Lipinski definition) is 5. The molecule has 204 valence electrons. The van der Waals surface area contributed by atoms with Gasteiger partial charge >= 0.3 is 5.76 Å². The number of aromatic amines is 1. The van der Waals surface area contributed by atoms with Crippen molar-refractivity contribution in [3.05, 3.63) is 127 Å². The maximum Gasteiger partial charge on any atom is 0.439 e. The first kappa shape index (κ1) is 26.9. The Morgan fingerprint density at radius 2 is 1.73 bits per heavy atom. The van der Waals surface area contributed by atoms with E-state index in [1.54, 1.807) is 6.92 Å². The third-order valence-corrected chi connectivity index (χ3v) is 6.92. The van der Waals surface area contributed by atoms with Crippen LogP contribution >= 0.6 is 0 Å². The van der Waals surface area contributed by atoms with Crippen LogP contribution in [-0.2, 0) is 19.4 Å². The predicted molar refractivity (Wildman–Crippen MR) is 148 cm³/mol. The van der Waals surface area contributed by atoms with Gasteiger partial charge in [0.05, 0.1) is 12.2 Å². The molecule has 0 saturated carbocycles. The van der Waals surface area contributed by atoms with Gasteiger partial charge in [0.1, 0.15) is 17.5 Å². The molecule has 0 aliphatic carbocycles. The van der Waals surface area contributed by atoms with Crippen molar-refractivity contribution >= 4 is 0 Å². The minimum absolute atomic E-state index is 0.0370. The van der Waals surface area contributed by atoms with Crippen molar-refractivity contribution in [2.75, 3.05) is 0 Å². The Bertz CT molecular complexity index is 1770. The van der Waals surface area contributed by atoms with Gasteiger partial charge < -0.3 is 0 Å². The fourth-order valence-corrected chi connectivity index (χ4v) is 4.79. The number of halogens is 2. The normalized spacial score (nSPS) is 11.2. The van der Waals surface area contributed by atoms with Gasteiger partial charge in [0.15, 0.2) is 5.82 Å². The number of H-pyrrole nitrogens is 1. The molecule has 9 heteroatoms. The molecular formula is C31H28F2N4O3. The maximum absolute atomic E-state index is 14.4. The van der Waals surface area contributed by atoms with E-state index in [1.165, 1.54) is 16.7 Å². The van der Waals surface area contributed by atoms with Crippen LogP contribution in [0.5, 0.6) is 0 Å². The number of hydrogen-bond donors (Lipinski definition) is 1. The molecule has 0 spiro atoms. The molecule has 2 aromatic heterocycles. The second kappa shape index (κ2) is 11.6. The monoisotopic (exact) mass is 542 g/mol. The molecule has 0 amide bonds. The van der Waals surface area contributed by atoms with Crippen molar-refractivity contribution in [2.24, 2.45) is 0 Å². The lowest BCUT2D eigenvalue weighted by Crippen LogP contribution is -2.30. The summed E-state index contributed by atoms with van der Waals surface area (Å²) in [5, 5.41) is 3.82. The Labute approximate surface area is 229 Å². The molecule has 0 atom stereocenters. The highest BCUT2D eigenvalue weighted by atomic mass is 19.1. The highest BCUT2D eigenvalue weighted by molar-refractivity contribution is 5.80. The molecule has 2 heterocycles. The van der Waals surface area contributed by atoms with Gasteiger partial charge in [0, 0.05) is 29.2 Å². The van der Waals surface area contributed by atoms with E-state index < -0.39 is 17.4 Å². The third-order valence-electron chi connectivity index (χ3n) is 6.92. The average Bonchev–Trinajstić information content (AvgIpc) is 3.39. The van der Waals surface area contributed by atoms with Crippen LogP contribution in [0.3, 0.4) is 0 Å². The van der Waals surface area contributed by atoms with Crippen LogP contribution in [0.1, 0.15) is 48.0 Å². The van der Waals surface area contributed by atoms with Gasteiger partial charge in [0.2, 0.25) is 0 Å². The average molecular weight is 543 g/mol. The van der Waals surface area contributed by atoms with Gasteiger partial charge in [-0.2, -0.15) is 0 Å². The number of aryl methyl sites for hydroxylation is 2. The topological polar surface area (TPSA) is 93.8 Å². The summed E-state index contributed by atoms with van der Waals surface area (Å²) in [5.74, 6) is -1.16. The van der Waals surface area contributed by atoms with Crippen molar-refractivity contribution in [3.63, 3.8) is 0 Å². The second-order valence-electron chi connectivity index (χ2n) is 9.68. The summed E-state index contributed by atoms with van der Waals surface area (Å²) < 4.78 is 34.0. The second-order valence-corrected chi connectivity index (χ2v) is 9.68. The Kier molecular flexibility index (Phi) is 7.82. The van der Waals surface area contributed by atoms with Gasteiger partial charge in [-0.05, 0) is 42.5 Å². The zero-order valence-electron chi connectivity index (χ0n) is 22.2. The van der Waals surface area contributed by atoms with Crippen LogP contribution in [0.2, 0.25) is 0 Å². The van der Waals surface area contributed by atoms with Crippen LogP contribution in [0, 0.1) is 18.6 Å². The number of nitrogens with one attached hydrogen (secondary N) is 1. The maximum atomic E-state index is 14.4. The number of benzene rings is 3. The standard InChI is InChI=1S/C31H28F2N4O3/c1-3-4-9-28-26(30(38)37(19(2)34-28)18-22-14-15-23(32)17-27(22)33)16-20-10-12-21(13-11-20)24-7-5-6-8-25(24)29-35-31(39)40-36-29/h5-8,10-15,17H,3-4,9,16,18H2,1-2H3,(H,35,36,39). The van der Waals surface area contributed by atoms with Crippen molar-refractivity contribution in [1.82, 2.24) is 19.7 Å². The van der Waals surface area contributed by atoms with E-state index in [-0.39, 0.29) is 17.7 Å². The summed E-state index contributed by atoms with van der Waals surface area (Å²) >= 11 is 0. The van der Waals surface area contributed by atoms with Crippen LogP contribution in [-0.4, -0.2) is 19.7 Å². The number of rotatable bonds is 9. The minimum atomic E-state index is -0.700. The molecule has 3 aromatic carbocycles. The largest absolute Gasteiger partial charge is 0.439 e. The Hall–Kier alpha value is -4.66. The Morgan fingerprint density at radius 1 is 0.975 bits per heavy atom. The summed E-state index contributed by atoms with van der Waals surface area (Å²) in [7, 11) is 0. The van der Waals surface area contributed by atoms with Gasteiger partial charge in [-0.15, -0.1) is 0 Å². The molecule has 5 aromatic rings. The van der Waals surface area contributed by atoms with Crippen LogP contribution in [0.15, 0.2) is 80.8 Å². The summed E-state index contributed by atoms with van der Waals surface area (Å²) in [5.41, 5.74) is 4.70. The van der Waals surface area contributed by atoms with Gasteiger partial charge in [-0.25, -0.2) is 18.6 Å². The van der Waals surface area contributed by atoms with E-state index >= 15 is 0 Å². The molecule has 0 saturated heterocycles. The Morgan fingerprint density at radius 3 is 2.40 bits per heavy atom. The van der Waals surface area contributed by atoms with E-state index in [1.807, 2.05) is 48.5 Å². The van der Waals surface area contributed by atoms with E-state index in [0.717, 1.165) is 46.9 Å². The number of aromatic nitrogens is 4. The van der Waals surface area contributed by atoms with E-state index in [4.69, 9.17) is 4.98 Å². The van der Waals surface area contributed by atoms with Crippen molar-refractivity contribution in [1.29, 1.82) is 0 Å². The molecular weight excluding hydrogens is 514 g/mol. The highest BCUT2D eigenvalue weighted by Crippen LogP contribution is 2.30. The smallest absolute Gasteiger partial charge is 0.296 e. The predicted octanol–water partition coefficient (Wildman–Crippen LogP) is 5.82. The number of unbranched alkanes of at least 4 members (excludes halogenated alkanes) is 1. The van der Waals surface area contributed by atoms with E-state index in [0.29, 0.717) is 30.1 Å². The fraction of sp³-hybridized carbons (Fsp3) is 0.226. The molecule has 7 nitrogen and oxygen atoms in total. The lowest BCUT2D eigenvalue weighted by molar-refractivity contribution is 0.388. The fourth-order valence-electron chi connectivity index (χ4n) is 4.79. The van der Waals surface area contributed by atoms with Crippen LogP contribution in [0.4, 0.5) is 8.78 Å². The van der Waals surface area contributed by atoms with Crippen molar-refractivity contribution in [3.8, 4) is 22.5 Å². The van der Waals surface area contributed by atoms with Crippen LogP contribution in [0.25, 0.3) is 22.5 Å². The number of nitrogens with zero attached hydrogens (tertiary/aromatic N) is 3. The molecule has 0 aliphatic heterocycles. The van der Waals surface area contributed by atoms with E-state index in [2.05, 4.69) is 21.6 Å². The summed E-state index contributed by atoms with van der Waals surface area (Å²) in [6.45, 7) is 3.78. The molecule has 0 bridgehead atoms. The van der Waals surface area contributed by atoms with Crippen LogP contribution < -0.4 is 11.3 Å². The molecule has 5 rings (SSSR count). The first-order valence-electron chi connectivity index (χ1n) is 13.1. The van der Waals surface area contributed by atoms with Crippen molar-refractivity contribution < 1.29 is 13.3 Å². The summed E-state index contributed by atoms with van der Waals surface area (Å²) in [6.07, 6.45) is 2.86. The molecule has 1 N–H and O–H groups in total. The molecule has 0 radical (unpaired) electrons. The molecule has 0 aliphatic rings. The minimum Gasteiger partial charge on any atom is -0.296 e. The molecule has 0 unspecified atom stereocenters. The first-order valence-corrected chi connectivity index (χ1v) is 13.1. The summed E-state index contributed by atoms with van der Waals surface area (Å²) in [4.78, 5) is 32.5. The Balaban J connectivity index is 1.49. The first-order chi connectivity index (χ1) is 19.3. The lowest BCUT2D eigenvalue weighted by Gasteiger charge is -2.16. The van der Waals surface area contributed by atoms with Gasteiger partial charge in [0.25, 0.3) is 5.56 Å². The van der Waals surface area contributed by atoms with Gasteiger partial charge in [-0.3, -0.25) is 18.9 Å². The third kappa shape index (κ3) is 5.68. The molecule has 40 heavy (non-hydrogen) atoms. The van der Waals surface area contributed by atoms with E-state index in [9.17, 15) is 18.4 Å². The quantitative estimate of drug-likeness (QED) is 0.253. The van der Waals surface area contributed by atoms with Crippen molar-refractivity contribution in [2.45, 2.75) is 46.1 Å². The highest BCUT2D eigenvalue weighted by Gasteiger charge is 2.17. The lowest BCUT2D eigenvalue weighted by atomic mass is 9.96. The molecule has 0 fully saturated rings. The van der Waals surface area contributed by atoms with Gasteiger partial charge in [-0.1, -0.05) is 73.1 Å². The summed E-state index contributed by atoms with van der Waals surface area (Å²) in [6, 6.07) is 18.7.